The molecule has 5 nitrogen and oxygen atoms in total. The summed E-state index contributed by atoms with van der Waals surface area (Å²) in [5.41, 5.74) is 0.0136. The van der Waals surface area contributed by atoms with Gasteiger partial charge in [0.05, 0.1) is 5.69 Å². The van der Waals surface area contributed by atoms with Crippen LogP contribution >= 0.6 is 22.6 Å². The molecule has 6 heteroatoms. The molecule has 0 unspecified atom stereocenters. The fraction of sp³-hybridized carbons (Fsp3) is 0.368. The van der Waals surface area contributed by atoms with Crippen molar-refractivity contribution in [2.75, 3.05) is 5.32 Å². The third-order valence-electron chi connectivity index (χ3n) is 3.21. The van der Waals surface area contributed by atoms with Crippen molar-refractivity contribution in [2.24, 2.45) is 0 Å². The number of anilines is 1. The number of amides is 1. The van der Waals surface area contributed by atoms with Crippen molar-refractivity contribution >= 4 is 51.1 Å². The second kappa shape index (κ2) is 7.19. The van der Waals surface area contributed by atoms with E-state index in [1.54, 1.807) is 46.8 Å². The molecule has 0 bridgehead atoms. The summed E-state index contributed by atoms with van der Waals surface area (Å²) >= 11 is 2.04. The number of benzene rings is 2. The highest BCUT2D eigenvalue weighted by atomic mass is 127. The van der Waals surface area contributed by atoms with Gasteiger partial charge in [0.25, 0.3) is 0 Å². The number of carbonyl (C=O) groups is 2. The second-order valence-corrected chi connectivity index (χ2v) is 9.84. The van der Waals surface area contributed by atoms with Gasteiger partial charge in [-0.15, -0.1) is 0 Å². The summed E-state index contributed by atoms with van der Waals surface area (Å²) in [5, 5.41) is 4.26. The molecule has 0 saturated carbocycles. The highest BCUT2D eigenvalue weighted by Gasteiger charge is 2.26. The summed E-state index contributed by atoms with van der Waals surface area (Å²) in [4.78, 5) is 24.2. The van der Waals surface area contributed by atoms with Crippen LogP contribution in [0.4, 0.5) is 10.5 Å². The molecule has 25 heavy (non-hydrogen) atoms. The topological polar surface area (TPSA) is 64.6 Å². The van der Waals surface area contributed by atoms with Crippen LogP contribution in [0.1, 0.15) is 34.6 Å². The van der Waals surface area contributed by atoms with Gasteiger partial charge in [0, 0.05) is 10.8 Å². The van der Waals surface area contributed by atoms with Gasteiger partial charge in [0.1, 0.15) is 14.8 Å². The van der Waals surface area contributed by atoms with Gasteiger partial charge < -0.3 is 9.47 Å². The molecule has 0 aromatic heterocycles. The third kappa shape index (κ3) is 5.32. The number of esters is 1. The molecule has 0 aliphatic carbocycles. The van der Waals surface area contributed by atoms with Gasteiger partial charge in [-0.1, -0.05) is 46.9 Å². The Hall–Kier alpha value is -1.83. The fourth-order valence-electron chi connectivity index (χ4n) is 2.10. The molecule has 1 amide bonds. The molecule has 0 saturated heterocycles. The highest BCUT2D eigenvalue weighted by molar-refractivity contribution is 14.1. The number of halogens is 1. The highest BCUT2D eigenvalue weighted by Crippen LogP contribution is 2.33. The van der Waals surface area contributed by atoms with E-state index in [-0.39, 0.29) is 5.97 Å². The van der Waals surface area contributed by atoms with Crippen LogP contribution in [0.3, 0.4) is 0 Å². The molecule has 1 N–H and O–H groups in total. The number of nitrogens with one attached hydrogen (secondary N) is 1. The molecule has 134 valence electrons. The molecule has 0 aliphatic rings. The van der Waals surface area contributed by atoms with Crippen LogP contribution in [0.25, 0.3) is 10.8 Å². The molecule has 0 heterocycles. The van der Waals surface area contributed by atoms with Crippen molar-refractivity contribution in [3.8, 4) is 5.75 Å². The van der Waals surface area contributed by atoms with Crippen molar-refractivity contribution < 1.29 is 19.1 Å². The van der Waals surface area contributed by atoms with Gasteiger partial charge in [0.2, 0.25) is 0 Å². The average molecular weight is 455 g/mol. The first-order valence-electron chi connectivity index (χ1n) is 7.90. The van der Waals surface area contributed by atoms with Crippen LogP contribution in [-0.4, -0.2) is 21.1 Å². The molecule has 0 spiro atoms. The summed E-state index contributed by atoms with van der Waals surface area (Å²) in [6.45, 7) is 8.99. The first-order chi connectivity index (χ1) is 11.5. The van der Waals surface area contributed by atoms with Crippen LogP contribution < -0.4 is 10.1 Å². The lowest BCUT2D eigenvalue weighted by Crippen LogP contribution is -2.29. The fourth-order valence-corrected chi connectivity index (χ4v) is 2.21. The van der Waals surface area contributed by atoms with Gasteiger partial charge in [-0.05, 0) is 46.8 Å². The largest absolute Gasteiger partial charge is 0.444 e. The summed E-state index contributed by atoms with van der Waals surface area (Å²) in [6.07, 6.45) is -0.532. The molecule has 0 radical (unpaired) electrons. The SMILES string of the molecule is CC(C)(C)OC(=O)Nc1ccc(OC(=O)C(C)(C)I)c2ccccc12. The van der Waals surface area contributed by atoms with Crippen LogP contribution in [0.5, 0.6) is 5.75 Å². The molecule has 0 atom stereocenters. The third-order valence-corrected chi connectivity index (χ3v) is 3.65. The van der Waals surface area contributed by atoms with E-state index in [0.29, 0.717) is 11.4 Å². The van der Waals surface area contributed by atoms with Gasteiger partial charge in [-0.25, -0.2) is 4.79 Å². The van der Waals surface area contributed by atoms with Crippen molar-refractivity contribution in [1.82, 2.24) is 0 Å². The Balaban J connectivity index is 2.35. The van der Waals surface area contributed by atoms with E-state index in [1.165, 1.54) is 0 Å². The maximum atomic E-state index is 12.2. The Morgan fingerprint density at radius 2 is 1.56 bits per heavy atom. The van der Waals surface area contributed by atoms with Crippen LogP contribution in [0.15, 0.2) is 36.4 Å². The normalized spacial score (nSPS) is 11.9. The van der Waals surface area contributed by atoms with E-state index in [9.17, 15) is 9.59 Å². The zero-order valence-electron chi connectivity index (χ0n) is 15.0. The summed E-state index contributed by atoms with van der Waals surface area (Å²) < 4.78 is 10.2. The van der Waals surface area contributed by atoms with Crippen molar-refractivity contribution in [1.29, 1.82) is 0 Å². The molecule has 2 rings (SSSR count). The predicted octanol–water partition coefficient (Wildman–Crippen LogP) is 5.31. The molecule has 0 fully saturated rings. The van der Waals surface area contributed by atoms with Crippen LogP contribution in [-0.2, 0) is 9.53 Å². The van der Waals surface area contributed by atoms with E-state index in [1.807, 2.05) is 46.9 Å². The van der Waals surface area contributed by atoms with Crippen molar-refractivity contribution in [3.63, 3.8) is 0 Å². The zero-order chi connectivity index (χ0) is 18.8. The van der Waals surface area contributed by atoms with Crippen molar-refractivity contribution in [3.05, 3.63) is 36.4 Å². The van der Waals surface area contributed by atoms with E-state index in [2.05, 4.69) is 5.32 Å². The minimum atomic E-state index is -0.633. The number of rotatable bonds is 3. The predicted molar refractivity (Wildman–Crippen MR) is 108 cm³/mol. The van der Waals surface area contributed by atoms with E-state index in [4.69, 9.17) is 9.47 Å². The maximum absolute atomic E-state index is 12.2. The summed E-state index contributed by atoms with van der Waals surface area (Å²) in [6, 6.07) is 10.8. The molecule has 0 aliphatic heterocycles. The Labute approximate surface area is 161 Å². The average Bonchev–Trinajstić information content (AvgIpc) is 2.46. The number of hydrogen-bond donors (Lipinski definition) is 1. The van der Waals surface area contributed by atoms with Gasteiger partial charge in [-0.2, -0.15) is 0 Å². The maximum Gasteiger partial charge on any atom is 0.412 e. The standard InChI is InChI=1S/C19H22INO4/c1-18(2,3)25-17(23)21-14-10-11-15(24-16(22)19(4,5)20)13-9-7-6-8-12(13)14/h6-11H,1-5H3,(H,21,23). The Bertz CT molecular complexity index is 803. The lowest BCUT2D eigenvalue weighted by Gasteiger charge is -2.20. The summed E-state index contributed by atoms with van der Waals surface area (Å²) in [5.74, 6) is 0.131. The van der Waals surface area contributed by atoms with Crippen LogP contribution in [0, 0.1) is 0 Å². The second-order valence-electron chi connectivity index (χ2n) is 7.15. The Morgan fingerprint density at radius 3 is 2.12 bits per heavy atom. The minimum Gasteiger partial charge on any atom is -0.444 e. The van der Waals surface area contributed by atoms with Crippen molar-refractivity contribution in [2.45, 2.75) is 43.6 Å². The number of carbonyl (C=O) groups excluding carboxylic acids is 2. The number of hydrogen-bond acceptors (Lipinski definition) is 4. The molecular weight excluding hydrogens is 433 g/mol. The lowest BCUT2D eigenvalue weighted by atomic mass is 10.1. The first kappa shape index (κ1) is 19.5. The quantitative estimate of drug-likeness (QED) is 0.295. The minimum absolute atomic E-state index is 0.328. The van der Waals surface area contributed by atoms with Gasteiger partial charge >= 0.3 is 12.1 Å². The first-order valence-corrected chi connectivity index (χ1v) is 8.98. The smallest absolute Gasteiger partial charge is 0.412 e. The molecule has 2 aromatic carbocycles. The molecule has 2 aromatic rings. The number of alkyl halides is 1. The van der Waals surface area contributed by atoms with Gasteiger partial charge in [-0.3, -0.25) is 10.1 Å². The lowest BCUT2D eigenvalue weighted by molar-refractivity contribution is -0.135. The van der Waals surface area contributed by atoms with Gasteiger partial charge in [0.15, 0.2) is 0 Å². The van der Waals surface area contributed by atoms with E-state index < -0.39 is 15.1 Å². The number of fused-ring (bicyclic) bond motifs is 1. The number of ether oxygens (including phenoxy) is 2. The van der Waals surface area contributed by atoms with Crippen LogP contribution in [0.2, 0.25) is 0 Å². The molecular formula is C19H22INO4. The summed E-state index contributed by atoms with van der Waals surface area (Å²) in [7, 11) is 0. The Morgan fingerprint density at radius 1 is 0.960 bits per heavy atom. The van der Waals surface area contributed by atoms with E-state index in [0.717, 1.165) is 10.8 Å². The Kier molecular flexibility index (Phi) is 5.61. The zero-order valence-corrected chi connectivity index (χ0v) is 17.1. The monoisotopic (exact) mass is 455 g/mol. The van der Waals surface area contributed by atoms with E-state index >= 15 is 0 Å².